The van der Waals surface area contributed by atoms with Crippen LogP contribution in [0.5, 0.6) is 5.75 Å². The molecule has 5 nitrogen and oxygen atoms in total. The second kappa shape index (κ2) is 8.56. The van der Waals surface area contributed by atoms with Crippen molar-refractivity contribution in [3.8, 4) is 5.75 Å². The molecule has 1 fully saturated rings. The number of benzene rings is 1. The van der Waals surface area contributed by atoms with Gasteiger partial charge in [0.1, 0.15) is 5.75 Å². The van der Waals surface area contributed by atoms with Crippen LogP contribution in [-0.4, -0.2) is 30.1 Å². The van der Waals surface area contributed by atoms with Crippen molar-refractivity contribution in [2.24, 2.45) is 5.41 Å². The van der Waals surface area contributed by atoms with Crippen molar-refractivity contribution in [1.29, 1.82) is 0 Å². The SMILES string of the molecule is O=C(O)CCC1(C(=O)NCCCc2ccc3c(c2)CCO3)CCCCC1. The van der Waals surface area contributed by atoms with Gasteiger partial charge in [-0.3, -0.25) is 9.59 Å². The van der Waals surface area contributed by atoms with E-state index in [1.165, 1.54) is 11.1 Å². The number of rotatable bonds is 8. The van der Waals surface area contributed by atoms with Crippen molar-refractivity contribution in [3.05, 3.63) is 29.3 Å². The average molecular weight is 359 g/mol. The Labute approximate surface area is 155 Å². The van der Waals surface area contributed by atoms with E-state index in [2.05, 4.69) is 17.4 Å². The van der Waals surface area contributed by atoms with Crippen LogP contribution >= 0.6 is 0 Å². The second-order valence-corrected chi connectivity index (χ2v) is 7.63. The van der Waals surface area contributed by atoms with Gasteiger partial charge in [-0.05, 0) is 49.3 Å². The van der Waals surface area contributed by atoms with Crippen molar-refractivity contribution in [2.75, 3.05) is 13.2 Å². The lowest BCUT2D eigenvalue weighted by Gasteiger charge is -2.35. The Bertz CT molecular complexity index is 649. The monoisotopic (exact) mass is 359 g/mol. The minimum atomic E-state index is -0.816. The van der Waals surface area contributed by atoms with Crippen LogP contribution in [0.1, 0.15) is 62.5 Å². The van der Waals surface area contributed by atoms with E-state index in [9.17, 15) is 9.59 Å². The lowest BCUT2D eigenvalue weighted by Crippen LogP contribution is -2.43. The minimum absolute atomic E-state index is 0.0563. The normalized spacial score (nSPS) is 18.0. The molecule has 142 valence electrons. The highest BCUT2D eigenvalue weighted by Crippen LogP contribution is 2.40. The molecule has 0 bridgehead atoms. The first-order chi connectivity index (χ1) is 12.6. The smallest absolute Gasteiger partial charge is 0.303 e. The van der Waals surface area contributed by atoms with E-state index < -0.39 is 11.4 Å². The zero-order valence-corrected chi connectivity index (χ0v) is 15.4. The predicted octanol–water partition coefficient (Wildman–Crippen LogP) is 3.49. The van der Waals surface area contributed by atoms with Gasteiger partial charge < -0.3 is 15.2 Å². The number of carboxylic acids is 1. The number of hydrogen-bond acceptors (Lipinski definition) is 3. The summed E-state index contributed by atoms with van der Waals surface area (Å²) in [4.78, 5) is 23.7. The second-order valence-electron chi connectivity index (χ2n) is 7.63. The fraction of sp³-hybridized carbons (Fsp3) is 0.619. The molecule has 3 rings (SSSR count). The third-order valence-corrected chi connectivity index (χ3v) is 5.79. The first-order valence-corrected chi connectivity index (χ1v) is 9.84. The number of aliphatic carboxylic acids is 1. The molecule has 0 saturated heterocycles. The summed E-state index contributed by atoms with van der Waals surface area (Å²) in [5.74, 6) is 0.240. The molecule has 0 aromatic heterocycles. The lowest BCUT2D eigenvalue weighted by molar-refractivity contribution is -0.139. The molecule has 1 aromatic rings. The van der Waals surface area contributed by atoms with Crippen LogP contribution < -0.4 is 10.1 Å². The van der Waals surface area contributed by atoms with E-state index >= 15 is 0 Å². The largest absolute Gasteiger partial charge is 0.493 e. The molecule has 1 aromatic carbocycles. The van der Waals surface area contributed by atoms with Gasteiger partial charge in [-0.1, -0.05) is 31.4 Å². The van der Waals surface area contributed by atoms with Gasteiger partial charge in [0.25, 0.3) is 0 Å². The molecule has 0 atom stereocenters. The molecule has 5 heteroatoms. The summed E-state index contributed by atoms with van der Waals surface area (Å²) < 4.78 is 5.53. The van der Waals surface area contributed by atoms with Crippen LogP contribution in [0, 0.1) is 5.41 Å². The number of carboxylic acid groups (broad SMARTS) is 1. The van der Waals surface area contributed by atoms with Crippen LogP contribution in [0.4, 0.5) is 0 Å². The molecule has 0 spiro atoms. The first kappa shape index (κ1) is 18.7. The van der Waals surface area contributed by atoms with E-state index in [1.54, 1.807) is 0 Å². The number of ether oxygens (including phenoxy) is 1. The summed E-state index contributed by atoms with van der Waals surface area (Å²) in [6.07, 6.45) is 8.14. The lowest BCUT2D eigenvalue weighted by atomic mass is 9.70. The number of aryl methyl sites for hydroxylation is 1. The van der Waals surface area contributed by atoms with Gasteiger partial charge >= 0.3 is 5.97 Å². The third-order valence-electron chi connectivity index (χ3n) is 5.79. The minimum Gasteiger partial charge on any atom is -0.493 e. The number of fused-ring (bicyclic) bond motifs is 1. The van der Waals surface area contributed by atoms with Crippen LogP contribution in [0.25, 0.3) is 0 Å². The molecule has 1 saturated carbocycles. The molecule has 26 heavy (non-hydrogen) atoms. The molecule has 1 heterocycles. The molecule has 2 N–H and O–H groups in total. The summed E-state index contributed by atoms with van der Waals surface area (Å²) in [7, 11) is 0. The van der Waals surface area contributed by atoms with Gasteiger partial charge in [0.15, 0.2) is 0 Å². The van der Waals surface area contributed by atoms with Gasteiger partial charge in [0, 0.05) is 24.8 Å². The number of amides is 1. The number of hydrogen-bond donors (Lipinski definition) is 2. The highest BCUT2D eigenvalue weighted by atomic mass is 16.5. The van der Waals surface area contributed by atoms with Crippen LogP contribution in [-0.2, 0) is 22.4 Å². The highest BCUT2D eigenvalue weighted by Gasteiger charge is 2.39. The maximum atomic E-state index is 12.8. The fourth-order valence-electron chi connectivity index (χ4n) is 4.24. The zero-order chi connectivity index (χ0) is 18.4. The number of carbonyl (C=O) groups excluding carboxylic acids is 1. The van der Waals surface area contributed by atoms with E-state index in [4.69, 9.17) is 9.84 Å². The molecule has 1 aliphatic heterocycles. The standard InChI is InChI=1S/C21H29NO4/c23-19(24)8-12-21(10-2-1-3-11-21)20(25)22-13-4-5-16-6-7-18-17(15-16)9-14-26-18/h6-7,15H,1-5,8-14H2,(H,22,25)(H,23,24). The maximum absolute atomic E-state index is 12.8. The predicted molar refractivity (Wildman–Crippen MR) is 99.4 cm³/mol. The van der Waals surface area contributed by atoms with E-state index in [1.807, 2.05) is 6.07 Å². The molecular formula is C21H29NO4. The summed E-state index contributed by atoms with van der Waals surface area (Å²) >= 11 is 0. The molecular weight excluding hydrogens is 330 g/mol. The Morgan fingerprint density at radius 3 is 2.77 bits per heavy atom. The van der Waals surface area contributed by atoms with E-state index in [0.29, 0.717) is 13.0 Å². The molecule has 2 aliphatic rings. The average Bonchev–Trinajstić information content (AvgIpc) is 3.12. The van der Waals surface area contributed by atoms with Gasteiger partial charge in [0.05, 0.1) is 6.61 Å². The molecule has 1 aliphatic carbocycles. The van der Waals surface area contributed by atoms with Crippen LogP contribution in [0.3, 0.4) is 0 Å². The Morgan fingerprint density at radius 2 is 2.00 bits per heavy atom. The van der Waals surface area contributed by atoms with Gasteiger partial charge in [-0.2, -0.15) is 0 Å². The number of nitrogens with one attached hydrogen (secondary N) is 1. The van der Waals surface area contributed by atoms with Gasteiger partial charge in [-0.25, -0.2) is 0 Å². The molecule has 0 radical (unpaired) electrons. The van der Waals surface area contributed by atoms with E-state index in [-0.39, 0.29) is 12.3 Å². The van der Waals surface area contributed by atoms with Crippen LogP contribution in [0.15, 0.2) is 18.2 Å². The van der Waals surface area contributed by atoms with Crippen molar-refractivity contribution >= 4 is 11.9 Å². The van der Waals surface area contributed by atoms with E-state index in [0.717, 1.165) is 63.7 Å². The van der Waals surface area contributed by atoms with Crippen molar-refractivity contribution in [1.82, 2.24) is 5.32 Å². The van der Waals surface area contributed by atoms with Gasteiger partial charge in [0.2, 0.25) is 5.91 Å². The molecule has 0 unspecified atom stereocenters. The first-order valence-electron chi connectivity index (χ1n) is 9.84. The summed E-state index contributed by atoms with van der Waals surface area (Å²) in [5.41, 5.74) is 2.09. The quantitative estimate of drug-likeness (QED) is 0.697. The van der Waals surface area contributed by atoms with Crippen molar-refractivity contribution < 1.29 is 19.4 Å². The summed E-state index contributed by atoms with van der Waals surface area (Å²) in [6, 6.07) is 6.35. The van der Waals surface area contributed by atoms with Crippen LogP contribution in [0.2, 0.25) is 0 Å². The molecule has 1 amide bonds. The van der Waals surface area contributed by atoms with Crippen molar-refractivity contribution in [3.63, 3.8) is 0 Å². The van der Waals surface area contributed by atoms with Gasteiger partial charge in [-0.15, -0.1) is 0 Å². The Balaban J connectivity index is 1.47. The Hall–Kier alpha value is -2.04. The summed E-state index contributed by atoms with van der Waals surface area (Å²) in [5, 5.41) is 12.1. The maximum Gasteiger partial charge on any atom is 0.303 e. The Morgan fingerprint density at radius 1 is 1.19 bits per heavy atom. The topological polar surface area (TPSA) is 75.6 Å². The zero-order valence-electron chi connectivity index (χ0n) is 15.4. The Kier molecular flexibility index (Phi) is 6.17. The highest BCUT2D eigenvalue weighted by molar-refractivity contribution is 5.83. The number of carbonyl (C=O) groups is 2. The fourth-order valence-corrected chi connectivity index (χ4v) is 4.24. The third kappa shape index (κ3) is 4.57. The summed E-state index contributed by atoms with van der Waals surface area (Å²) in [6.45, 7) is 1.41. The van der Waals surface area contributed by atoms with Crippen molar-refractivity contribution in [2.45, 2.75) is 64.2 Å².